The van der Waals surface area contributed by atoms with Crippen molar-refractivity contribution in [3.05, 3.63) is 91.5 Å². The molecule has 0 saturated carbocycles. The SMILES string of the molecule is CCC(C)NC(=O)c1nn(-c2ccc(C)c(F)c2)c(=O)n(Cc2ccc(C)cc2)c1=O. The van der Waals surface area contributed by atoms with Gasteiger partial charge in [-0.05, 0) is 44.4 Å². The van der Waals surface area contributed by atoms with E-state index >= 15 is 0 Å². The molecule has 1 amide bonds. The second-order valence-electron chi connectivity index (χ2n) is 7.64. The van der Waals surface area contributed by atoms with Crippen LogP contribution in [0.1, 0.15) is 47.4 Å². The highest BCUT2D eigenvalue weighted by Gasteiger charge is 2.21. The Balaban J connectivity index is 2.20. The number of nitrogens with one attached hydrogen (secondary N) is 1. The van der Waals surface area contributed by atoms with E-state index in [9.17, 15) is 18.8 Å². The van der Waals surface area contributed by atoms with E-state index in [1.807, 2.05) is 26.0 Å². The first-order chi connectivity index (χ1) is 14.7. The van der Waals surface area contributed by atoms with Crippen LogP contribution in [-0.2, 0) is 6.54 Å². The molecule has 0 fully saturated rings. The fourth-order valence-electron chi connectivity index (χ4n) is 2.95. The minimum absolute atomic E-state index is 0.0432. The van der Waals surface area contributed by atoms with Crippen molar-refractivity contribution in [1.82, 2.24) is 19.7 Å². The average molecular weight is 424 g/mol. The maximum Gasteiger partial charge on any atom is 0.352 e. The van der Waals surface area contributed by atoms with E-state index in [4.69, 9.17) is 0 Å². The molecule has 3 aromatic rings. The number of aryl methyl sites for hydroxylation is 2. The van der Waals surface area contributed by atoms with E-state index in [2.05, 4.69) is 10.4 Å². The van der Waals surface area contributed by atoms with Crippen LogP contribution >= 0.6 is 0 Å². The number of hydrogen-bond acceptors (Lipinski definition) is 4. The smallest absolute Gasteiger partial charge is 0.348 e. The van der Waals surface area contributed by atoms with Crippen LogP contribution in [-0.4, -0.2) is 26.3 Å². The van der Waals surface area contributed by atoms with Gasteiger partial charge in [0.05, 0.1) is 12.2 Å². The molecule has 0 aliphatic heterocycles. The fraction of sp³-hybridized carbons (Fsp3) is 0.304. The van der Waals surface area contributed by atoms with E-state index in [1.54, 1.807) is 26.0 Å². The van der Waals surface area contributed by atoms with Crippen LogP contribution in [0, 0.1) is 19.7 Å². The molecule has 0 spiro atoms. The molecule has 1 atom stereocenters. The zero-order valence-corrected chi connectivity index (χ0v) is 18.0. The number of aromatic nitrogens is 3. The molecular weight excluding hydrogens is 399 g/mol. The number of amides is 1. The summed E-state index contributed by atoms with van der Waals surface area (Å²) < 4.78 is 16.0. The number of carbonyl (C=O) groups excluding carboxylic acids is 1. The van der Waals surface area contributed by atoms with Crippen LogP contribution in [0.5, 0.6) is 0 Å². The molecule has 162 valence electrons. The molecule has 7 nitrogen and oxygen atoms in total. The lowest BCUT2D eigenvalue weighted by Gasteiger charge is -2.14. The fourth-order valence-corrected chi connectivity index (χ4v) is 2.95. The molecule has 1 aromatic heterocycles. The Morgan fingerprint density at radius 1 is 1.13 bits per heavy atom. The third kappa shape index (κ3) is 4.79. The van der Waals surface area contributed by atoms with Gasteiger partial charge in [-0.3, -0.25) is 14.2 Å². The largest absolute Gasteiger partial charge is 0.352 e. The lowest BCUT2D eigenvalue weighted by molar-refractivity contribution is 0.0929. The standard InChI is InChI=1S/C23H25FN4O3/c1-5-16(4)25-21(29)20-22(30)27(13-17-9-6-14(2)7-10-17)23(31)28(26-20)18-11-8-15(3)19(24)12-18/h6-12,16H,5,13H2,1-4H3,(H,25,29). The third-order valence-corrected chi connectivity index (χ3v) is 5.13. The first kappa shape index (κ1) is 22.1. The second-order valence-corrected chi connectivity index (χ2v) is 7.64. The van der Waals surface area contributed by atoms with Gasteiger partial charge in [0.1, 0.15) is 5.82 Å². The van der Waals surface area contributed by atoms with Crippen molar-refractivity contribution in [3.8, 4) is 5.69 Å². The second kappa shape index (κ2) is 9.07. The lowest BCUT2D eigenvalue weighted by atomic mass is 10.1. The molecule has 0 radical (unpaired) electrons. The number of rotatable bonds is 6. The molecule has 1 heterocycles. The first-order valence-electron chi connectivity index (χ1n) is 10.1. The number of nitrogens with zero attached hydrogens (tertiary/aromatic N) is 3. The molecule has 3 rings (SSSR count). The van der Waals surface area contributed by atoms with Crippen molar-refractivity contribution < 1.29 is 9.18 Å². The lowest BCUT2D eigenvalue weighted by Crippen LogP contribution is -2.47. The highest BCUT2D eigenvalue weighted by molar-refractivity contribution is 5.91. The van der Waals surface area contributed by atoms with Crippen molar-refractivity contribution in [2.75, 3.05) is 0 Å². The molecule has 0 aliphatic rings. The summed E-state index contributed by atoms with van der Waals surface area (Å²) in [5.74, 6) is -1.20. The van der Waals surface area contributed by atoms with Crippen LogP contribution in [0.3, 0.4) is 0 Å². The van der Waals surface area contributed by atoms with Gasteiger partial charge in [0.25, 0.3) is 11.5 Å². The summed E-state index contributed by atoms with van der Waals surface area (Å²) in [5.41, 5.74) is 0.304. The molecule has 1 unspecified atom stereocenters. The van der Waals surface area contributed by atoms with Gasteiger partial charge in [-0.25, -0.2) is 9.18 Å². The number of hydrogen-bond donors (Lipinski definition) is 1. The quantitative estimate of drug-likeness (QED) is 0.659. The zero-order valence-electron chi connectivity index (χ0n) is 18.0. The van der Waals surface area contributed by atoms with Crippen molar-refractivity contribution >= 4 is 5.91 Å². The molecule has 0 saturated heterocycles. The zero-order chi connectivity index (χ0) is 22.7. The number of carbonyl (C=O) groups is 1. The van der Waals surface area contributed by atoms with E-state index < -0.39 is 28.7 Å². The summed E-state index contributed by atoms with van der Waals surface area (Å²) >= 11 is 0. The number of halogens is 1. The predicted octanol–water partition coefficient (Wildman–Crippen LogP) is 2.73. The van der Waals surface area contributed by atoms with Gasteiger partial charge in [0.2, 0.25) is 5.69 Å². The third-order valence-electron chi connectivity index (χ3n) is 5.13. The minimum atomic E-state index is -0.796. The molecule has 31 heavy (non-hydrogen) atoms. The highest BCUT2D eigenvalue weighted by Crippen LogP contribution is 2.11. The highest BCUT2D eigenvalue weighted by atomic mass is 19.1. The Morgan fingerprint density at radius 2 is 1.81 bits per heavy atom. The van der Waals surface area contributed by atoms with E-state index in [-0.39, 0.29) is 18.3 Å². The van der Waals surface area contributed by atoms with Crippen molar-refractivity contribution in [3.63, 3.8) is 0 Å². The van der Waals surface area contributed by atoms with E-state index in [0.717, 1.165) is 20.9 Å². The normalized spacial score (nSPS) is 11.9. The monoisotopic (exact) mass is 424 g/mol. The van der Waals surface area contributed by atoms with Crippen LogP contribution in [0.2, 0.25) is 0 Å². The Hall–Kier alpha value is -3.55. The van der Waals surface area contributed by atoms with Gasteiger partial charge in [0.15, 0.2) is 0 Å². The maximum absolute atomic E-state index is 14.1. The van der Waals surface area contributed by atoms with Crippen molar-refractivity contribution in [2.24, 2.45) is 0 Å². The summed E-state index contributed by atoms with van der Waals surface area (Å²) in [5, 5.41) is 6.71. The Bertz CT molecular complexity index is 1230. The molecule has 0 bridgehead atoms. The summed E-state index contributed by atoms with van der Waals surface area (Å²) in [6.45, 7) is 7.17. The van der Waals surface area contributed by atoms with Crippen LogP contribution in [0.4, 0.5) is 4.39 Å². The van der Waals surface area contributed by atoms with Gasteiger partial charge in [-0.1, -0.05) is 42.8 Å². The maximum atomic E-state index is 14.1. The average Bonchev–Trinajstić information content (AvgIpc) is 2.74. The van der Waals surface area contributed by atoms with Gasteiger partial charge in [-0.15, -0.1) is 0 Å². The van der Waals surface area contributed by atoms with Crippen LogP contribution in [0.25, 0.3) is 5.69 Å². The molecular formula is C23H25FN4O3. The summed E-state index contributed by atoms with van der Waals surface area (Å²) in [7, 11) is 0. The van der Waals surface area contributed by atoms with Gasteiger partial charge in [0, 0.05) is 12.1 Å². The molecule has 8 heteroatoms. The van der Waals surface area contributed by atoms with Gasteiger partial charge < -0.3 is 5.32 Å². The van der Waals surface area contributed by atoms with Crippen molar-refractivity contribution in [1.29, 1.82) is 0 Å². The number of benzene rings is 2. The van der Waals surface area contributed by atoms with Crippen LogP contribution < -0.4 is 16.6 Å². The Labute approximate surface area is 179 Å². The summed E-state index contributed by atoms with van der Waals surface area (Å²) in [6.07, 6.45) is 0.659. The van der Waals surface area contributed by atoms with E-state index in [0.29, 0.717) is 17.5 Å². The molecule has 2 aromatic carbocycles. The topological polar surface area (TPSA) is 86.0 Å². The van der Waals surface area contributed by atoms with Gasteiger partial charge >= 0.3 is 5.69 Å². The minimum Gasteiger partial charge on any atom is -0.348 e. The first-order valence-corrected chi connectivity index (χ1v) is 10.1. The van der Waals surface area contributed by atoms with E-state index in [1.165, 1.54) is 12.1 Å². The molecule has 1 N–H and O–H groups in total. The predicted molar refractivity (Wildman–Crippen MR) is 116 cm³/mol. The van der Waals surface area contributed by atoms with Crippen molar-refractivity contribution in [2.45, 2.75) is 46.7 Å². The molecule has 0 aliphatic carbocycles. The Kier molecular flexibility index (Phi) is 6.48. The summed E-state index contributed by atoms with van der Waals surface area (Å²) in [6, 6.07) is 11.3. The van der Waals surface area contributed by atoms with Crippen LogP contribution in [0.15, 0.2) is 52.1 Å². The van der Waals surface area contributed by atoms with Gasteiger partial charge in [-0.2, -0.15) is 9.78 Å². The summed E-state index contributed by atoms with van der Waals surface area (Å²) in [4.78, 5) is 38.9. The Morgan fingerprint density at radius 3 is 2.42 bits per heavy atom.